The van der Waals surface area contributed by atoms with Crippen LogP contribution in [0.15, 0.2) is 67.0 Å². The Labute approximate surface area is 173 Å². The van der Waals surface area contributed by atoms with Gasteiger partial charge in [0.15, 0.2) is 0 Å². The number of thiophene rings is 1. The Morgan fingerprint density at radius 2 is 1.82 bits per heavy atom. The maximum absolute atomic E-state index is 13.6. The van der Waals surface area contributed by atoms with Crippen LogP contribution >= 0.6 is 22.9 Å². The van der Waals surface area contributed by atoms with Gasteiger partial charge >= 0.3 is 0 Å². The average molecular weight is 407 g/mol. The van der Waals surface area contributed by atoms with Crippen LogP contribution in [-0.2, 0) is 6.54 Å². The van der Waals surface area contributed by atoms with Crippen LogP contribution in [0.3, 0.4) is 0 Å². The summed E-state index contributed by atoms with van der Waals surface area (Å²) in [5.41, 5.74) is 4.12. The lowest BCUT2D eigenvalue weighted by Crippen LogP contribution is -2.30. The lowest BCUT2D eigenvalue weighted by Gasteiger charge is -2.25. The summed E-state index contributed by atoms with van der Waals surface area (Å²) >= 11 is 8.04. The van der Waals surface area contributed by atoms with Gasteiger partial charge in [0.1, 0.15) is 4.88 Å². The number of benzene rings is 2. The second-order valence-corrected chi connectivity index (χ2v) is 8.21. The molecule has 2 aromatic heterocycles. The molecule has 1 amide bonds. The molecular formula is C23H19ClN2OS. The standard InChI is InChI=1S/C23H19ClN2OS/c1-15-7-8-19(16(2)13-15)26(14-17-9-11-25-12-10-17)23(27)22-21(24)18-5-3-4-6-20(18)28-22/h3-13H,14H2,1-2H3. The fourth-order valence-electron chi connectivity index (χ4n) is 3.32. The first-order valence-electron chi connectivity index (χ1n) is 8.99. The van der Waals surface area contributed by atoms with Gasteiger partial charge in [0.25, 0.3) is 5.91 Å². The molecule has 0 aliphatic heterocycles. The van der Waals surface area contributed by atoms with Gasteiger partial charge in [-0.3, -0.25) is 9.78 Å². The van der Waals surface area contributed by atoms with Crippen LogP contribution in [0, 0.1) is 13.8 Å². The summed E-state index contributed by atoms with van der Waals surface area (Å²) in [5.74, 6) is -0.0880. The van der Waals surface area contributed by atoms with Crippen LogP contribution < -0.4 is 4.90 Å². The van der Waals surface area contributed by atoms with E-state index in [1.165, 1.54) is 11.3 Å². The molecule has 0 saturated carbocycles. The first-order valence-corrected chi connectivity index (χ1v) is 10.2. The van der Waals surface area contributed by atoms with Crippen LogP contribution in [-0.4, -0.2) is 10.9 Å². The van der Waals surface area contributed by atoms with Crippen molar-refractivity contribution in [1.82, 2.24) is 4.98 Å². The zero-order valence-electron chi connectivity index (χ0n) is 15.6. The highest BCUT2D eigenvalue weighted by atomic mass is 35.5. The predicted octanol–water partition coefficient (Wildman–Crippen LogP) is 6.41. The fraction of sp³-hybridized carbons (Fsp3) is 0.130. The number of hydrogen-bond acceptors (Lipinski definition) is 3. The van der Waals surface area contributed by atoms with Crippen molar-refractivity contribution in [1.29, 1.82) is 0 Å². The molecular weight excluding hydrogens is 388 g/mol. The minimum Gasteiger partial charge on any atom is -0.303 e. The van der Waals surface area contributed by atoms with Crippen LogP contribution in [0.25, 0.3) is 10.1 Å². The van der Waals surface area contributed by atoms with Crippen molar-refractivity contribution in [3.63, 3.8) is 0 Å². The predicted molar refractivity (Wildman–Crippen MR) is 118 cm³/mol. The highest BCUT2D eigenvalue weighted by Crippen LogP contribution is 2.37. The van der Waals surface area contributed by atoms with E-state index >= 15 is 0 Å². The molecule has 0 atom stereocenters. The molecule has 3 nitrogen and oxygen atoms in total. The molecule has 0 bridgehead atoms. The van der Waals surface area contributed by atoms with Gasteiger partial charge in [0.05, 0.1) is 11.6 Å². The zero-order chi connectivity index (χ0) is 19.7. The third kappa shape index (κ3) is 3.53. The molecule has 0 aliphatic carbocycles. The highest BCUT2D eigenvalue weighted by Gasteiger charge is 2.25. The summed E-state index contributed by atoms with van der Waals surface area (Å²) in [6.45, 7) is 4.53. The van der Waals surface area contributed by atoms with Crippen LogP contribution in [0.4, 0.5) is 5.69 Å². The monoisotopic (exact) mass is 406 g/mol. The van der Waals surface area contributed by atoms with Gasteiger partial charge in [-0.25, -0.2) is 0 Å². The third-order valence-corrected chi connectivity index (χ3v) is 6.37. The van der Waals surface area contributed by atoms with Crippen molar-refractivity contribution in [3.8, 4) is 0 Å². The number of anilines is 1. The smallest absolute Gasteiger partial charge is 0.270 e. The minimum atomic E-state index is -0.0880. The van der Waals surface area contributed by atoms with Crippen LogP contribution in [0.5, 0.6) is 0 Å². The Hall–Kier alpha value is -2.69. The molecule has 140 valence electrons. The van der Waals surface area contributed by atoms with E-state index in [0.29, 0.717) is 16.4 Å². The number of rotatable bonds is 4. The Morgan fingerprint density at radius 1 is 1.07 bits per heavy atom. The van der Waals surface area contributed by atoms with E-state index in [-0.39, 0.29) is 5.91 Å². The van der Waals surface area contributed by atoms with E-state index in [2.05, 4.69) is 18.0 Å². The molecule has 4 aromatic rings. The van der Waals surface area contributed by atoms with Gasteiger partial charge in [-0.1, -0.05) is 47.5 Å². The maximum Gasteiger partial charge on any atom is 0.270 e. The van der Waals surface area contributed by atoms with E-state index in [1.54, 1.807) is 17.3 Å². The minimum absolute atomic E-state index is 0.0880. The van der Waals surface area contributed by atoms with E-state index < -0.39 is 0 Å². The van der Waals surface area contributed by atoms with Crippen molar-refractivity contribution in [2.75, 3.05) is 4.90 Å². The summed E-state index contributed by atoms with van der Waals surface area (Å²) in [5, 5.41) is 1.44. The number of carbonyl (C=O) groups is 1. The normalized spacial score (nSPS) is 11.0. The van der Waals surface area contributed by atoms with Gasteiger partial charge in [-0.15, -0.1) is 11.3 Å². The molecule has 0 spiro atoms. The number of pyridine rings is 1. The van der Waals surface area contributed by atoms with Gasteiger partial charge in [0, 0.05) is 28.2 Å². The molecule has 0 saturated heterocycles. The van der Waals surface area contributed by atoms with Crippen molar-refractivity contribution < 1.29 is 4.79 Å². The van der Waals surface area contributed by atoms with Crippen LogP contribution in [0.1, 0.15) is 26.4 Å². The fourth-order valence-corrected chi connectivity index (χ4v) is 4.78. The number of amides is 1. The molecule has 28 heavy (non-hydrogen) atoms. The van der Waals surface area contributed by atoms with E-state index in [0.717, 1.165) is 32.5 Å². The molecule has 0 N–H and O–H groups in total. The molecule has 0 fully saturated rings. The molecule has 0 unspecified atom stereocenters. The second kappa shape index (κ2) is 7.74. The summed E-state index contributed by atoms with van der Waals surface area (Å²) in [6, 6.07) is 17.8. The number of carbonyl (C=O) groups excluding carboxylic acids is 1. The lowest BCUT2D eigenvalue weighted by molar-refractivity contribution is 0.0989. The number of aryl methyl sites for hydroxylation is 2. The van der Waals surface area contributed by atoms with Crippen LogP contribution in [0.2, 0.25) is 5.02 Å². The number of hydrogen-bond donors (Lipinski definition) is 0. The van der Waals surface area contributed by atoms with E-state index in [4.69, 9.17) is 11.6 Å². The Kier molecular flexibility index (Phi) is 5.16. The number of nitrogens with zero attached hydrogens (tertiary/aromatic N) is 2. The number of halogens is 1. The third-order valence-electron chi connectivity index (χ3n) is 4.71. The van der Waals surface area contributed by atoms with Gasteiger partial charge < -0.3 is 4.90 Å². The maximum atomic E-state index is 13.6. The zero-order valence-corrected chi connectivity index (χ0v) is 17.2. The van der Waals surface area contributed by atoms with Crippen molar-refractivity contribution in [2.45, 2.75) is 20.4 Å². The van der Waals surface area contributed by atoms with E-state index in [1.807, 2.05) is 55.5 Å². The highest BCUT2D eigenvalue weighted by molar-refractivity contribution is 7.21. The SMILES string of the molecule is Cc1ccc(N(Cc2ccncc2)C(=O)c2sc3ccccc3c2Cl)c(C)c1. The molecule has 4 rings (SSSR count). The largest absolute Gasteiger partial charge is 0.303 e. The molecule has 0 aliphatic rings. The van der Waals surface area contributed by atoms with Crippen molar-refractivity contribution in [3.05, 3.63) is 93.6 Å². The topological polar surface area (TPSA) is 33.2 Å². The van der Waals surface area contributed by atoms with Crippen molar-refractivity contribution in [2.24, 2.45) is 0 Å². The van der Waals surface area contributed by atoms with Gasteiger partial charge in [0.2, 0.25) is 0 Å². The quantitative estimate of drug-likeness (QED) is 0.392. The Morgan fingerprint density at radius 3 is 2.54 bits per heavy atom. The molecule has 5 heteroatoms. The lowest BCUT2D eigenvalue weighted by atomic mass is 10.1. The molecule has 2 aromatic carbocycles. The van der Waals surface area contributed by atoms with Gasteiger partial charge in [-0.05, 0) is 49.2 Å². The molecule has 0 radical (unpaired) electrons. The van der Waals surface area contributed by atoms with Gasteiger partial charge in [-0.2, -0.15) is 0 Å². The number of aromatic nitrogens is 1. The number of fused-ring (bicyclic) bond motifs is 1. The summed E-state index contributed by atoms with van der Waals surface area (Å²) in [6.07, 6.45) is 3.48. The van der Waals surface area contributed by atoms with E-state index in [9.17, 15) is 4.79 Å². The second-order valence-electron chi connectivity index (χ2n) is 6.78. The summed E-state index contributed by atoms with van der Waals surface area (Å²) in [4.78, 5) is 20.1. The first-order chi connectivity index (χ1) is 13.5. The molecule has 2 heterocycles. The van der Waals surface area contributed by atoms with Crippen molar-refractivity contribution >= 4 is 44.6 Å². The Bertz CT molecular complexity index is 1150. The summed E-state index contributed by atoms with van der Waals surface area (Å²) < 4.78 is 1.01. The average Bonchev–Trinajstić information content (AvgIpc) is 3.04. The Balaban J connectivity index is 1.81. The summed E-state index contributed by atoms with van der Waals surface area (Å²) in [7, 11) is 0. The first kappa shape index (κ1) is 18.7.